The topological polar surface area (TPSA) is 71.4 Å². The van der Waals surface area contributed by atoms with Gasteiger partial charge in [0.15, 0.2) is 0 Å². The van der Waals surface area contributed by atoms with E-state index in [1.165, 1.54) is 10.6 Å². The highest BCUT2D eigenvalue weighted by Gasteiger charge is 2.52. The van der Waals surface area contributed by atoms with E-state index < -0.39 is 15.7 Å². The maximum Gasteiger partial charge on any atom is 0.211 e. The summed E-state index contributed by atoms with van der Waals surface area (Å²) in [4.78, 5) is 0. The number of hydrogen-bond donors (Lipinski definition) is 0. The summed E-state index contributed by atoms with van der Waals surface area (Å²) in [6.07, 6.45) is 3.14. The molecule has 0 aromatic heterocycles. The quantitative estimate of drug-likeness (QED) is 0.753. The normalized spacial score (nSPS) is 22.8. The van der Waals surface area contributed by atoms with E-state index in [1.807, 2.05) is 42.5 Å². The minimum Gasteiger partial charge on any atom is -0.496 e. The van der Waals surface area contributed by atoms with Crippen molar-refractivity contribution in [3.8, 4) is 11.5 Å². The number of para-hydroxylation sites is 2. The van der Waals surface area contributed by atoms with Crippen molar-refractivity contribution in [2.75, 3.05) is 26.5 Å². The maximum atomic E-state index is 12.0. The van der Waals surface area contributed by atoms with Crippen molar-refractivity contribution in [1.29, 1.82) is 0 Å². The number of nitrogens with zero attached hydrogens (tertiary/aromatic N) is 3. The first-order chi connectivity index (χ1) is 14.4. The van der Waals surface area contributed by atoms with Gasteiger partial charge in [-0.25, -0.2) is 17.7 Å². The molecule has 0 N–H and O–H groups in total. The van der Waals surface area contributed by atoms with Crippen LogP contribution in [-0.4, -0.2) is 55.6 Å². The number of hydrogen-bond acceptors (Lipinski definition) is 6. The van der Waals surface area contributed by atoms with Crippen molar-refractivity contribution in [2.45, 2.75) is 31.0 Å². The zero-order valence-corrected chi connectivity index (χ0v) is 17.9. The largest absolute Gasteiger partial charge is 0.496 e. The van der Waals surface area contributed by atoms with Crippen LogP contribution in [0, 0.1) is 0 Å². The fourth-order valence-corrected chi connectivity index (χ4v) is 5.62. The summed E-state index contributed by atoms with van der Waals surface area (Å²) in [5.41, 5.74) is 2.41. The van der Waals surface area contributed by atoms with E-state index in [9.17, 15) is 8.42 Å². The molecule has 1 atom stereocenters. The van der Waals surface area contributed by atoms with Crippen molar-refractivity contribution in [3.63, 3.8) is 0 Å². The van der Waals surface area contributed by atoms with Crippen LogP contribution in [-0.2, 0) is 10.0 Å². The molecule has 0 radical (unpaired) electrons. The Kier molecular flexibility index (Phi) is 4.52. The third kappa shape index (κ3) is 3.06. The van der Waals surface area contributed by atoms with Crippen molar-refractivity contribution in [3.05, 3.63) is 59.7 Å². The number of piperidine rings is 1. The Balaban J connectivity index is 1.55. The van der Waals surface area contributed by atoms with Crippen LogP contribution in [0.15, 0.2) is 53.6 Å². The molecular formula is C22H25N3O4S. The maximum absolute atomic E-state index is 12.0. The van der Waals surface area contributed by atoms with Crippen LogP contribution in [0.5, 0.6) is 11.5 Å². The monoisotopic (exact) mass is 427 g/mol. The van der Waals surface area contributed by atoms with Gasteiger partial charge in [0.2, 0.25) is 15.7 Å². The van der Waals surface area contributed by atoms with E-state index in [0.29, 0.717) is 25.9 Å². The minimum absolute atomic E-state index is 0.0552. The fourth-order valence-electron chi connectivity index (χ4n) is 4.77. The molecule has 3 aliphatic rings. The molecule has 1 saturated heterocycles. The highest BCUT2D eigenvalue weighted by Crippen LogP contribution is 2.50. The molecule has 5 rings (SSSR count). The molecule has 1 unspecified atom stereocenters. The van der Waals surface area contributed by atoms with Crippen molar-refractivity contribution >= 4 is 15.7 Å². The summed E-state index contributed by atoms with van der Waals surface area (Å²) >= 11 is 0. The first-order valence-electron chi connectivity index (χ1n) is 10.1. The SMILES string of the molecule is COc1ccccc1C1=NN2C(C1)c1ccccc1OC21CCN(S(C)(=O)=O)CC1. The summed E-state index contributed by atoms with van der Waals surface area (Å²) in [7, 11) is -1.55. The number of rotatable bonds is 3. The zero-order chi connectivity index (χ0) is 20.9. The lowest BCUT2D eigenvalue weighted by atomic mass is 9.91. The Bertz CT molecular complexity index is 1110. The second-order valence-corrected chi connectivity index (χ2v) is 10.0. The van der Waals surface area contributed by atoms with Gasteiger partial charge in [0, 0.05) is 43.5 Å². The minimum atomic E-state index is -3.22. The number of ether oxygens (including phenoxy) is 2. The number of sulfonamides is 1. The fraction of sp³-hybridized carbons (Fsp3) is 0.409. The Hall–Kier alpha value is -2.58. The van der Waals surface area contributed by atoms with Crippen LogP contribution < -0.4 is 9.47 Å². The summed E-state index contributed by atoms with van der Waals surface area (Å²) in [6, 6.07) is 16.1. The molecule has 1 fully saturated rings. The average molecular weight is 428 g/mol. The van der Waals surface area contributed by atoms with Gasteiger partial charge in [-0.2, -0.15) is 5.10 Å². The van der Waals surface area contributed by atoms with E-state index in [1.54, 1.807) is 7.11 Å². The predicted octanol–water partition coefficient (Wildman–Crippen LogP) is 2.99. The molecule has 0 aliphatic carbocycles. The van der Waals surface area contributed by atoms with Gasteiger partial charge in [0.25, 0.3) is 0 Å². The Morgan fingerprint density at radius 2 is 1.80 bits per heavy atom. The molecule has 7 nitrogen and oxygen atoms in total. The summed E-state index contributed by atoms with van der Waals surface area (Å²) in [6.45, 7) is 0.841. The molecule has 2 aromatic carbocycles. The van der Waals surface area contributed by atoms with Crippen LogP contribution in [0.2, 0.25) is 0 Å². The molecule has 2 aromatic rings. The molecule has 3 aliphatic heterocycles. The van der Waals surface area contributed by atoms with Gasteiger partial charge in [-0.15, -0.1) is 0 Å². The third-order valence-corrected chi connectivity index (χ3v) is 7.60. The van der Waals surface area contributed by atoms with E-state index in [0.717, 1.165) is 34.8 Å². The molecule has 3 heterocycles. The number of hydrazone groups is 1. The van der Waals surface area contributed by atoms with E-state index in [4.69, 9.17) is 14.6 Å². The highest BCUT2D eigenvalue weighted by atomic mass is 32.2. The van der Waals surface area contributed by atoms with Gasteiger partial charge in [-0.1, -0.05) is 30.3 Å². The molecule has 30 heavy (non-hydrogen) atoms. The van der Waals surface area contributed by atoms with Crippen LogP contribution in [0.1, 0.15) is 36.4 Å². The summed E-state index contributed by atoms with van der Waals surface area (Å²) in [5.74, 6) is 1.66. The molecule has 1 spiro atoms. The second kappa shape index (κ2) is 6.99. The number of methoxy groups -OCH3 is 1. The van der Waals surface area contributed by atoms with E-state index in [2.05, 4.69) is 11.1 Å². The lowest BCUT2D eigenvalue weighted by molar-refractivity contribution is -0.143. The summed E-state index contributed by atoms with van der Waals surface area (Å²) < 4.78 is 37.7. The van der Waals surface area contributed by atoms with Gasteiger partial charge in [-0.3, -0.25) is 0 Å². The highest BCUT2D eigenvalue weighted by molar-refractivity contribution is 7.88. The van der Waals surface area contributed by atoms with Gasteiger partial charge in [0.05, 0.1) is 25.1 Å². The Labute approximate surface area is 176 Å². The molecular weight excluding hydrogens is 402 g/mol. The number of benzene rings is 2. The summed E-state index contributed by atoms with van der Waals surface area (Å²) in [5, 5.41) is 7.11. The smallest absolute Gasteiger partial charge is 0.211 e. The molecule has 158 valence electrons. The van der Waals surface area contributed by atoms with Gasteiger partial charge < -0.3 is 9.47 Å². The molecule has 0 saturated carbocycles. The van der Waals surface area contributed by atoms with Crippen LogP contribution in [0.4, 0.5) is 0 Å². The second-order valence-electron chi connectivity index (χ2n) is 8.06. The van der Waals surface area contributed by atoms with Gasteiger partial charge >= 0.3 is 0 Å². The lowest BCUT2D eigenvalue weighted by Crippen LogP contribution is -2.59. The Morgan fingerprint density at radius 3 is 2.53 bits per heavy atom. The van der Waals surface area contributed by atoms with Crippen LogP contribution in [0.25, 0.3) is 0 Å². The zero-order valence-electron chi connectivity index (χ0n) is 17.1. The third-order valence-electron chi connectivity index (χ3n) is 6.30. The van der Waals surface area contributed by atoms with E-state index in [-0.39, 0.29) is 6.04 Å². The van der Waals surface area contributed by atoms with Gasteiger partial charge in [0.1, 0.15) is 11.5 Å². The predicted molar refractivity (Wildman–Crippen MR) is 114 cm³/mol. The first-order valence-corrected chi connectivity index (χ1v) is 12.0. The standard InChI is InChI=1S/C22H25N3O4S/c1-28-20-9-5-3-7-16(20)18-15-19-17-8-4-6-10-21(17)29-22(25(19)23-18)11-13-24(14-12-22)30(2,26)27/h3-10,19H,11-15H2,1-2H3. The van der Waals surface area contributed by atoms with Crippen molar-refractivity contribution in [2.24, 2.45) is 5.10 Å². The van der Waals surface area contributed by atoms with E-state index >= 15 is 0 Å². The molecule has 8 heteroatoms. The Morgan fingerprint density at radius 1 is 1.10 bits per heavy atom. The first kappa shape index (κ1) is 19.4. The van der Waals surface area contributed by atoms with Crippen LogP contribution in [0.3, 0.4) is 0 Å². The van der Waals surface area contributed by atoms with Crippen LogP contribution >= 0.6 is 0 Å². The molecule has 0 amide bonds. The van der Waals surface area contributed by atoms with Crippen molar-refractivity contribution < 1.29 is 17.9 Å². The average Bonchev–Trinajstić information content (AvgIpc) is 3.20. The van der Waals surface area contributed by atoms with Crippen molar-refractivity contribution in [1.82, 2.24) is 9.31 Å². The lowest BCUT2D eigenvalue weighted by Gasteiger charge is -2.50. The number of fused-ring (bicyclic) bond motifs is 4. The van der Waals surface area contributed by atoms with Gasteiger partial charge in [-0.05, 0) is 18.2 Å². The molecule has 0 bridgehead atoms.